The predicted octanol–water partition coefficient (Wildman–Crippen LogP) is 1.78. The molecule has 3 nitrogen and oxygen atoms in total. The van der Waals surface area contributed by atoms with E-state index in [-0.39, 0.29) is 0 Å². The standard InChI is InChI=1S/C10H17N3/c1-8(2)6-10(11-3)9-4-5-12-13-7-9/h4-5,7-8,10-11H,6H2,1-3H3. The van der Waals surface area contributed by atoms with Crippen molar-refractivity contribution in [3.63, 3.8) is 0 Å². The molecule has 0 fully saturated rings. The van der Waals surface area contributed by atoms with Crippen LogP contribution in [0.2, 0.25) is 0 Å². The topological polar surface area (TPSA) is 37.8 Å². The van der Waals surface area contributed by atoms with Crippen LogP contribution in [0.15, 0.2) is 18.5 Å². The molecule has 0 amide bonds. The van der Waals surface area contributed by atoms with Crippen LogP contribution < -0.4 is 5.32 Å². The van der Waals surface area contributed by atoms with Gasteiger partial charge in [-0.25, -0.2) is 0 Å². The minimum absolute atomic E-state index is 0.399. The van der Waals surface area contributed by atoms with Crippen LogP contribution in [0, 0.1) is 5.92 Å². The highest BCUT2D eigenvalue weighted by Gasteiger charge is 2.10. The van der Waals surface area contributed by atoms with Gasteiger partial charge in [-0.1, -0.05) is 13.8 Å². The third kappa shape index (κ3) is 3.11. The summed E-state index contributed by atoms with van der Waals surface area (Å²) in [5, 5.41) is 10.9. The number of rotatable bonds is 4. The summed E-state index contributed by atoms with van der Waals surface area (Å²) >= 11 is 0. The highest BCUT2D eigenvalue weighted by Crippen LogP contribution is 2.18. The summed E-state index contributed by atoms with van der Waals surface area (Å²) in [7, 11) is 1.98. The second-order valence-corrected chi connectivity index (χ2v) is 3.65. The SMILES string of the molecule is CNC(CC(C)C)c1ccnnc1. The van der Waals surface area contributed by atoms with Crippen molar-refractivity contribution in [2.45, 2.75) is 26.3 Å². The first-order valence-corrected chi connectivity index (χ1v) is 4.68. The molecule has 3 heteroatoms. The van der Waals surface area contributed by atoms with Gasteiger partial charge in [0.05, 0.1) is 6.20 Å². The zero-order chi connectivity index (χ0) is 9.68. The van der Waals surface area contributed by atoms with E-state index in [0.717, 1.165) is 6.42 Å². The van der Waals surface area contributed by atoms with Gasteiger partial charge in [-0.05, 0) is 31.0 Å². The maximum atomic E-state index is 3.87. The van der Waals surface area contributed by atoms with E-state index in [1.165, 1.54) is 5.56 Å². The Morgan fingerprint density at radius 3 is 2.62 bits per heavy atom. The molecule has 0 spiro atoms. The molecule has 0 bridgehead atoms. The van der Waals surface area contributed by atoms with E-state index in [4.69, 9.17) is 0 Å². The van der Waals surface area contributed by atoms with Crippen LogP contribution in [-0.2, 0) is 0 Å². The van der Waals surface area contributed by atoms with Gasteiger partial charge in [-0.15, -0.1) is 0 Å². The molecule has 0 aliphatic carbocycles. The van der Waals surface area contributed by atoms with E-state index in [1.54, 1.807) is 6.20 Å². The van der Waals surface area contributed by atoms with Crippen molar-refractivity contribution in [3.05, 3.63) is 24.0 Å². The first kappa shape index (κ1) is 10.1. The van der Waals surface area contributed by atoms with Gasteiger partial charge in [0.25, 0.3) is 0 Å². The smallest absolute Gasteiger partial charge is 0.0544 e. The van der Waals surface area contributed by atoms with Gasteiger partial charge in [0.1, 0.15) is 0 Å². The van der Waals surface area contributed by atoms with E-state index in [9.17, 15) is 0 Å². The summed E-state index contributed by atoms with van der Waals surface area (Å²) in [5.41, 5.74) is 1.21. The van der Waals surface area contributed by atoms with Crippen LogP contribution in [0.3, 0.4) is 0 Å². The van der Waals surface area contributed by atoms with Crippen molar-refractivity contribution in [2.24, 2.45) is 5.92 Å². The number of hydrogen-bond donors (Lipinski definition) is 1. The molecule has 13 heavy (non-hydrogen) atoms. The minimum atomic E-state index is 0.399. The molecule has 0 aromatic carbocycles. The Hall–Kier alpha value is -0.960. The summed E-state index contributed by atoms with van der Waals surface area (Å²) in [6, 6.07) is 2.41. The average Bonchev–Trinajstić information content (AvgIpc) is 2.15. The Labute approximate surface area is 79.6 Å². The van der Waals surface area contributed by atoms with Crippen LogP contribution in [0.5, 0.6) is 0 Å². The molecule has 1 atom stereocenters. The maximum Gasteiger partial charge on any atom is 0.0544 e. The lowest BCUT2D eigenvalue weighted by Crippen LogP contribution is -2.18. The highest BCUT2D eigenvalue weighted by molar-refractivity contribution is 5.11. The van der Waals surface area contributed by atoms with Crippen molar-refractivity contribution >= 4 is 0 Å². The lowest BCUT2D eigenvalue weighted by Gasteiger charge is -2.17. The first-order chi connectivity index (χ1) is 6.24. The summed E-state index contributed by atoms with van der Waals surface area (Å²) in [6.07, 6.45) is 4.69. The lowest BCUT2D eigenvalue weighted by atomic mass is 9.99. The molecule has 0 aliphatic heterocycles. The number of hydrogen-bond acceptors (Lipinski definition) is 3. The van der Waals surface area contributed by atoms with Crippen molar-refractivity contribution in [2.75, 3.05) is 7.05 Å². The average molecular weight is 179 g/mol. The quantitative estimate of drug-likeness (QED) is 0.765. The van der Waals surface area contributed by atoms with Crippen molar-refractivity contribution in [1.29, 1.82) is 0 Å². The van der Waals surface area contributed by atoms with Crippen LogP contribution in [0.1, 0.15) is 31.9 Å². The third-order valence-electron chi connectivity index (χ3n) is 2.07. The van der Waals surface area contributed by atoms with Crippen LogP contribution >= 0.6 is 0 Å². The second kappa shape index (κ2) is 4.92. The fraction of sp³-hybridized carbons (Fsp3) is 0.600. The Bertz CT molecular complexity index is 233. The largest absolute Gasteiger partial charge is 0.313 e. The number of nitrogens with one attached hydrogen (secondary N) is 1. The Morgan fingerprint density at radius 1 is 1.38 bits per heavy atom. The Balaban J connectivity index is 2.67. The molecule has 1 N–H and O–H groups in total. The van der Waals surface area contributed by atoms with Crippen LogP contribution in [0.4, 0.5) is 0 Å². The van der Waals surface area contributed by atoms with Gasteiger partial charge in [-0.2, -0.15) is 10.2 Å². The molecule has 1 unspecified atom stereocenters. The highest BCUT2D eigenvalue weighted by atomic mass is 15.1. The van der Waals surface area contributed by atoms with Gasteiger partial charge < -0.3 is 5.32 Å². The Morgan fingerprint density at radius 2 is 2.15 bits per heavy atom. The van der Waals surface area contributed by atoms with E-state index in [0.29, 0.717) is 12.0 Å². The minimum Gasteiger partial charge on any atom is -0.313 e. The molecule has 0 aliphatic rings. The van der Waals surface area contributed by atoms with Gasteiger partial charge in [0.15, 0.2) is 0 Å². The molecule has 1 rings (SSSR count). The Kier molecular flexibility index (Phi) is 3.83. The second-order valence-electron chi connectivity index (χ2n) is 3.65. The lowest BCUT2D eigenvalue weighted by molar-refractivity contribution is 0.455. The maximum absolute atomic E-state index is 3.87. The monoisotopic (exact) mass is 179 g/mol. The van der Waals surface area contributed by atoms with Crippen LogP contribution in [-0.4, -0.2) is 17.2 Å². The zero-order valence-corrected chi connectivity index (χ0v) is 8.49. The molecule has 1 heterocycles. The third-order valence-corrected chi connectivity index (χ3v) is 2.07. The summed E-state index contributed by atoms with van der Waals surface area (Å²) in [4.78, 5) is 0. The molecule has 0 saturated carbocycles. The molecule has 0 radical (unpaired) electrons. The van der Waals surface area contributed by atoms with Gasteiger partial charge in [0.2, 0.25) is 0 Å². The van der Waals surface area contributed by atoms with Crippen molar-refractivity contribution in [3.8, 4) is 0 Å². The molecule has 1 aromatic heterocycles. The van der Waals surface area contributed by atoms with Gasteiger partial charge in [-0.3, -0.25) is 0 Å². The van der Waals surface area contributed by atoms with Crippen molar-refractivity contribution in [1.82, 2.24) is 15.5 Å². The number of aromatic nitrogens is 2. The number of nitrogens with zero attached hydrogens (tertiary/aromatic N) is 2. The fourth-order valence-electron chi connectivity index (χ4n) is 1.40. The van der Waals surface area contributed by atoms with E-state index in [2.05, 4.69) is 29.4 Å². The van der Waals surface area contributed by atoms with Gasteiger partial charge in [0, 0.05) is 12.2 Å². The zero-order valence-electron chi connectivity index (χ0n) is 8.49. The van der Waals surface area contributed by atoms with Crippen molar-refractivity contribution < 1.29 is 0 Å². The summed E-state index contributed by atoms with van der Waals surface area (Å²) in [6.45, 7) is 4.44. The molecular formula is C10H17N3. The van der Waals surface area contributed by atoms with Crippen LogP contribution in [0.25, 0.3) is 0 Å². The van der Waals surface area contributed by atoms with E-state index in [1.807, 2.05) is 19.3 Å². The molecular weight excluding hydrogens is 162 g/mol. The summed E-state index contributed by atoms with van der Waals surface area (Å²) < 4.78 is 0. The molecule has 0 saturated heterocycles. The predicted molar refractivity (Wildman–Crippen MR) is 53.3 cm³/mol. The normalized spacial score (nSPS) is 13.2. The van der Waals surface area contributed by atoms with E-state index < -0.39 is 0 Å². The molecule has 1 aromatic rings. The summed E-state index contributed by atoms with van der Waals surface area (Å²) in [5.74, 6) is 0.686. The fourth-order valence-corrected chi connectivity index (χ4v) is 1.40. The van der Waals surface area contributed by atoms with E-state index >= 15 is 0 Å². The first-order valence-electron chi connectivity index (χ1n) is 4.68. The molecule has 72 valence electrons. The van der Waals surface area contributed by atoms with Gasteiger partial charge >= 0.3 is 0 Å².